The van der Waals surface area contributed by atoms with Gasteiger partial charge in [0.2, 0.25) is 0 Å². The van der Waals surface area contributed by atoms with Gasteiger partial charge >= 0.3 is 6.03 Å². The molecule has 2 amide bonds. The van der Waals surface area contributed by atoms with Crippen LogP contribution in [0.2, 0.25) is 5.02 Å². The lowest BCUT2D eigenvalue weighted by molar-refractivity contribution is 0.138. The maximum atomic E-state index is 12.1. The van der Waals surface area contributed by atoms with Crippen molar-refractivity contribution in [2.75, 3.05) is 18.4 Å². The Kier molecular flexibility index (Phi) is 4.84. The lowest BCUT2D eigenvalue weighted by Crippen LogP contribution is -2.48. The van der Waals surface area contributed by atoms with Crippen LogP contribution >= 0.6 is 11.6 Å². The van der Waals surface area contributed by atoms with Crippen molar-refractivity contribution in [3.63, 3.8) is 0 Å². The molecule has 1 atom stereocenters. The molecule has 1 saturated carbocycles. The smallest absolute Gasteiger partial charge is 0.319 e. The van der Waals surface area contributed by atoms with Crippen molar-refractivity contribution in [3.05, 3.63) is 23.0 Å². The minimum absolute atomic E-state index is 0.200. The molecule has 1 aromatic heterocycles. The molecule has 1 unspecified atom stereocenters. The number of amides is 2. The van der Waals surface area contributed by atoms with E-state index >= 15 is 0 Å². The predicted octanol–water partition coefficient (Wildman–Crippen LogP) is 3.18. The molecule has 5 nitrogen and oxygen atoms in total. The average molecular weight is 323 g/mol. The van der Waals surface area contributed by atoms with Crippen molar-refractivity contribution in [3.8, 4) is 0 Å². The van der Waals surface area contributed by atoms with Gasteiger partial charge in [-0.05, 0) is 45.2 Å². The number of halogens is 1. The SMILES string of the molecule is Cc1nccc(NC(=O)NCC2CCCCN2C2CC2)c1Cl. The van der Waals surface area contributed by atoms with Gasteiger partial charge in [-0.1, -0.05) is 18.0 Å². The van der Waals surface area contributed by atoms with E-state index < -0.39 is 0 Å². The van der Waals surface area contributed by atoms with Gasteiger partial charge in [-0.2, -0.15) is 0 Å². The summed E-state index contributed by atoms with van der Waals surface area (Å²) in [5.41, 5.74) is 1.32. The van der Waals surface area contributed by atoms with E-state index in [1.807, 2.05) is 6.92 Å². The Morgan fingerprint density at radius 3 is 3.00 bits per heavy atom. The van der Waals surface area contributed by atoms with Crippen LogP contribution in [0, 0.1) is 6.92 Å². The zero-order valence-corrected chi connectivity index (χ0v) is 13.7. The first-order valence-corrected chi connectivity index (χ1v) is 8.44. The van der Waals surface area contributed by atoms with Crippen LogP contribution in [0.25, 0.3) is 0 Å². The van der Waals surface area contributed by atoms with Gasteiger partial charge in [-0.3, -0.25) is 9.88 Å². The second-order valence-corrected chi connectivity index (χ2v) is 6.59. The van der Waals surface area contributed by atoms with Crippen molar-refractivity contribution in [2.24, 2.45) is 0 Å². The van der Waals surface area contributed by atoms with E-state index in [0.717, 1.165) is 6.04 Å². The fourth-order valence-corrected chi connectivity index (χ4v) is 3.31. The van der Waals surface area contributed by atoms with Crippen LogP contribution in [0.3, 0.4) is 0 Å². The van der Waals surface area contributed by atoms with Crippen molar-refractivity contribution < 1.29 is 4.79 Å². The minimum atomic E-state index is -0.200. The van der Waals surface area contributed by atoms with Crippen LogP contribution in [0.1, 0.15) is 37.8 Å². The molecule has 2 N–H and O–H groups in total. The summed E-state index contributed by atoms with van der Waals surface area (Å²) in [7, 11) is 0. The fraction of sp³-hybridized carbons (Fsp3) is 0.625. The second-order valence-electron chi connectivity index (χ2n) is 6.21. The number of nitrogens with one attached hydrogen (secondary N) is 2. The number of piperidine rings is 1. The number of carbonyl (C=O) groups excluding carboxylic acids is 1. The first-order valence-electron chi connectivity index (χ1n) is 8.07. The number of anilines is 1. The molecular formula is C16H23ClN4O. The second kappa shape index (κ2) is 6.84. The van der Waals surface area contributed by atoms with Gasteiger partial charge in [0.25, 0.3) is 0 Å². The number of aromatic nitrogens is 1. The van der Waals surface area contributed by atoms with Crippen molar-refractivity contribution in [2.45, 2.75) is 51.1 Å². The van der Waals surface area contributed by atoms with Crippen LogP contribution in [0.4, 0.5) is 10.5 Å². The molecule has 22 heavy (non-hydrogen) atoms. The van der Waals surface area contributed by atoms with Crippen molar-refractivity contribution in [1.29, 1.82) is 0 Å². The number of rotatable bonds is 4. The molecule has 1 aliphatic heterocycles. The maximum absolute atomic E-state index is 12.1. The molecule has 0 bridgehead atoms. The highest BCUT2D eigenvalue weighted by molar-refractivity contribution is 6.34. The Balaban J connectivity index is 1.52. The van der Waals surface area contributed by atoms with Crippen LogP contribution in [-0.2, 0) is 0 Å². The van der Waals surface area contributed by atoms with E-state index in [2.05, 4.69) is 20.5 Å². The quantitative estimate of drug-likeness (QED) is 0.895. The predicted molar refractivity (Wildman–Crippen MR) is 88.4 cm³/mol. The van der Waals surface area contributed by atoms with Crippen LogP contribution in [0.15, 0.2) is 12.3 Å². The van der Waals surface area contributed by atoms with Crippen molar-refractivity contribution in [1.82, 2.24) is 15.2 Å². The van der Waals surface area contributed by atoms with E-state index in [0.29, 0.717) is 29.0 Å². The normalized spacial score (nSPS) is 22.4. The molecule has 3 rings (SSSR count). The number of hydrogen-bond acceptors (Lipinski definition) is 3. The lowest BCUT2D eigenvalue weighted by Gasteiger charge is -2.36. The first kappa shape index (κ1) is 15.6. The Hall–Kier alpha value is -1.33. The third-order valence-electron chi connectivity index (χ3n) is 4.50. The summed E-state index contributed by atoms with van der Waals surface area (Å²) >= 11 is 6.15. The standard InChI is InChI=1S/C16H23ClN4O/c1-11-15(17)14(7-8-18-11)20-16(22)19-10-13-4-2-3-9-21(13)12-5-6-12/h7-8,12-13H,2-6,9-10H2,1H3,(H2,18,19,20,22). The molecule has 1 aliphatic carbocycles. The first-order chi connectivity index (χ1) is 10.6. The zero-order chi connectivity index (χ0) is 15.5. The Bertz CT molecular complexity index is 547. The number of urea groups is 1. The molecule has 1 saturated heterocycles. The molecule has 120 valence electrons. The van der Waals surface area contributed by atoms with E-state index in [9.17, 15) is 4.79 Å². The monoisotopic (exact) mass is 322 g/mol. The molecular weight excluding hydrogens is 300 g/mol. The Morgan fingerprint density at radius 2 is 2.23 bits per heavy atom. The van der Waals surface area contributed by atoms with E-state index in [-0.39, 0.29) is 6.03 Å². The van der Waals surface area contributed by atoms with E-state index in [1.54, 1.807) is 12.3 Å². The molecule has 2 heterocycles. The number of aryl methyl sites for hydroxylation is 1. The number of hydrogen-bond donors (Lipinski definition) is 2. The molecule has 0 aromatic carbocycles. The highest BCUT2D eigenvalue weighted by atomic mass is 35.5. The van der Waals surface area contributed by atoms with Gasteiger partial charge in [0, 0.05) is 24.8 Å². The van der Waals surface area contributed by atoms with Crippen LogP contribution < -0.4 is 10.6 Å². The van der Waals surface area contributed by atoms with Gasteiger partial charge in [0.1, 0.15) is 0 Å². The number of nitrogens with zero attached hydrogens (tertiary/aromatic N) is 2. The third kappa shape index (κ3) is 3.70. The molecule has 2 aliphatic rings. The molecule has 0 spiro atoms. The summed E-state index contributed by atoms with van der Waals surface area (Å²) in [5.74, 6) is 0. The van der Waals surface area contributed by atoms with Gasteiger partial charge in [-0.15, -0.1) is 0 Å². The lowest BCUT2D eigenvalue weighted by atomic mass is 10.0. The highest BCUT2D eigenvalue weighted by Crippen LogP contribution is 2.32. The minimum Gasteiger partial charge on any atom is -0.336 e. The molecule has 2 fully saturated rings. The topological polar surface area (TPSA) is 57.3 Å². The molecule has 6 heteroatoms. The summed E-state index contributed by atoms with van der Waals surface area (Å²) in [6, 6.07) is 2.74. The van der Waals surface area contributed by atoms with Crippen LogP contribution in [0.5, 0.6) is 0 Å². The molecule has 1 aromatic rings. The average Bonchev–Trinajstić information content (AvgIpc) is 3.35. The van der Waals surface area contributed by atoms with E-state index in [4.69, 9.17) is 11.6 Å². The van der Waals surface area contributed by atoms with Gasteiger partial charge in [-0.25, -0.2) is 4.79 Å². The third-order valence-corrected chi connectivity index (χ3v) is 4.98. The fourth-order valence-electron chi connectivity index (χ4n) is 3.15. The van der Waals surface area contributed by atoms with Gasteiger partial charge < -0.3 is 10.6 Å². The Labute approximate surface area is 136 Å². The zero-order valence-electron chi connectivity index (χ0n) is 12.9. The number of pyridine rings is 1. The van der Waals surface area contributed by atoms with E-state index in [1.165, 1.54) is 38.6 Å². The number of likely N-dealkylation sites (tertiary alicyclic amines) is 1. The summed E-state index contributed by atoms with van der Waals surface area (Å²) in [6.45, 7) is 3.69. The largest absolute Gasteiger partial charge is 0.336 e. The Morgan fingerprint density at radius 1 is 1.41 bits per heavy atom. The van der Waals surface area contributed by atoms with Gasteiger partial charge in [0.15, 0.2) is 0 Å². The van der Waals surface area contributed by atoms with Gasteiger partial charge in [0.05, 0.1) is 16.4 Å². The highest BCUT2D eigenvalue weighted by Gasteiger charge is 2.35. The summed E-state index contributed by atoms with van der Waals surface area (Å²) in [6.07, 6.45) is 7.99. The summed E-state index contributed by atoms with van der Waals surface area (Å²) < 4.78 is 0. The van der Waals surface area contributed by atoms with Crippen LogP contribution in [-0.4, -0.2) is 41.1 Å². The summed E-state index contributed by atoms with van der Waals surface area (Å²) in [4.78, 5) is 18.8. The maximum Gasteiger partial charge on any atom is 0.319 e. The molecule has 0 radical (unpaired) electrons. The number of carbonyl (C=O) groups is 1. The van der Waals surface area contributed by atoms with Crippen molar-refractivity contribution >= 4 is 23.3 Å². The summed E-state index contributed by atoms with van der Waals surface area (Å²) in [5, 5.41) is 6.29.